The van der Waals surface area contributed by atoms with Crippen LogP contribution in [0.4, 0.5) is 5.69 Å². The van der Waals surface area contributed by atoms with Crippen molar-refractivity contribution in [1.29, 1.82) is 0 Å². The maximum atomic E-state index is 12.1. The van der Waals surface area contributed by atoms with Gasteiger partial charge in [0.15, 0.2) is 0 Å². The number of nitrogens with zero attached hydrogens (tertiary/aromatic N) is 1. The second-order valence-corrected chi connectivity index (χ2v) is 6.63. The summed E-state index contributed by atoms with van der Waals surface area (Å²) in [6.07, 6.45) is 2.49. The Kier molecular flexibility index (Phi) is 3.88. The molecule has 1 aromatic heterocycles. The molecule has 2 rings (SSSR count). The largest absolute Gasteiger partial charge is 0.389 e. The van der Waals surface area contributed by atoms with E-state index in [4.69, 9.17) is 18.0 Å². The van der Waals surface area contributed by atoms with E-state index in [2.05, 4.69) is 30.8 Å². The molecular formula is C10H9BrN4O2S2. The Bertz CT molecular complexity index is 713. The fourth-order valence-electron chi connectivity index (χ4n) is 1.41. The zero-order valence-electron chi connectivity index (χ0n) is 9.42. The molecule has 9 heteroatoms. The number of rotatable bonds is 4. The third-order valence-electron chi connectivity index (χ3n) is 2.27. The SMILES string of the molecule is NC(=S)c1ccc(Br)cc1NS(=O)(=O)c1cn[nH]c1. The fourth-order valence-corrected chi connectivity index (χ4v) is 2.92. The smallest absolute Gasteiger partial charge is 0.265 e. The van der Waals surface area contributed by atoms with Crippen molar-refractivity contribution in [2.45, 2.75) is 4.90 Å². The lowest BCUT2D eigenvalue weighted by Crippen LogP contribution is -2.17. The first kappa shape index (κ1) is 14.0. The van der Waals surface area contributed by atoms with Crippen LogP contribution in [-0.4, -0.2) is 23.6 Å². The molecule has 100 valence electrons. The molecular weight excluding hydrogens is 352 g/mol. The summed E-state index contributed by atoms with van der Waals surface area (Å²) in [5.74, 6) is 0. The molecule has 19 heavy (non-hydrogen) atoms. The summed E-state index contributed by atoms with van der Waals surface area (Å²) in [4.78, 5) is 0.138. The van der Waals surface area contributed by atoms with Gasteiger partial charge in [-0.15, -0.1) is 0 Å². The van der Waals surface area contributed by atoms with E-state index in [0.717, 1.165) is 0 Å². The Morgan fingerprint density at radius 1 is 1.47 bits per heavy atom. The van der Waals surface area contributed by atoms with E-state index in [-0.39, 0.29) is 9.88 Å². The molecule has 0 bridgehead atoms. The number of nitrogens with one attached hydrogen (secondary N) is 2. The van der Waals surface area contributed by atoms with Gasteiger partial charge < -0.3 is 5.73 Å². The van der Waals surface area contributed by atoms with E-state index in [1.54, 1.807) is 18.2 Å². The predicted octanol–water partition coefficient (Wildman–Crippen LogP) is 1.61. The summed E-state index contributed by atoms with van der Waals surface area (Å²) in [6.45, 7) is 0. The van der Waals surface area contributed by atoms with Crippen molar-refractivity contribution < 1.29 is 8.42 Å². The second-order valence-electron chi connectivity index (χ2n) is 3.59. The Labute approximate surface area is 123 Å². The van der Waals surface area contributed by atoms with Gasteiger partial charge >= 0.3 is 0 Å². The number of hydrogen-bond donors (Lipinski definition) is 3. The standard InChI is InChI=1S/C10H9BrN4O2S2/c11-6-1-2-8(10(12)18)9(3-6)15-19(16,17)7-4-13-14-5-7/h1-5,15H,(H2,12,18)(H,13,14). The molecule has 1 heterocycles. The lowest BCUT2D eigenvalue weighted by molar-refractivity contribution is 0.601. The van der Waals surface area contributed by atoms with Crippen molar-refractivity contribution in [3.05, 3.63) is 40.6 Å². The number of sulfonamides is 1. The van der Waals surface area contributed by atoms with Gasteiger partial charge in [0.25, 0.3) is 10.0 Å². The van der Waals surface area contributed by atoms with Crippen molar-refractivity contribution in [2.75, 3.05) is 4.72 Å². The van der Waals surface area contributed by atoms with Crippen LogP contribution in [0.2, 0.25) is 0 Å². The maximum Gasteiger partial charge on any atom is 0.265 e. The van der Waals surface area contributed by atoms with Crippen LogP contribution in [0.3, 0.4) is 0 Å². The highest BCUT2D eigenvalue weighted by molar-refractivity contribution is 9.10. The minimum atomic E-state index is -3.72. The molecule has 0 radical (unpaired) electrons. The quantitative estimate of drug-likeness (QED) is 0.719. The minimum Gasteiger partial charge on any atom is -0.389 e. The number of thiocarbonyl (C=S) groups is 1. The summed E-state index contributed by atoms with van der Waals surface area (Å²) in [7, 11) is -3.72. The van der Waals surface area contributed by atoms with Crippen LogP contribution in [0.1, 0.15) is 5.56 Å². The number of hydrogen-bond acceptors (Lipinski definition) is 4. The number of anilines is 1. The van der Waals surface area contributed by atoms with Gasteiger partial charge in [0.05, 0.1) is 11.9 Å². The van der Waals surface area contributed by atoms with Gasteiger partial charge in [0.2, 0.25) is 0 Å². The van der Waals surface area contributed by atoms with Gasteiger partial charge in [0.1, 0.15) is 9.88 Å². The molecule has 0 atom stereocenters. The van der Waals surface area contributed by atoms with E-state index in [1.165, 1.54) is 12.4 Å². The first-order chi connectivity index (χ1) is 8.90. The first-order valence-corrected chi connectivity index (χ1v) is 7.69. The van der Waals surface area contributed by atoms with E-state index in [9.17, 15) is 8.42 Å². The Morgan fingerprint density at radius 2 is 2.21 bits per heavy atom. The van der Waals surface area contributed by atoms with E-state index >= 15 is 0 Å². The van der Waals surface area contributed by atoms with E-state index in [1.807, 2.05) is 0 Å². The summed E-state index contributed by atoms with van der Waals surface area (Å²) in [5.41, 5.74) is 6.32. The number of halogens is 1. The molecule has 0 fully saturated rings. The summed E-state index contributed by atoms with van der Waals surface area (Å²) in [5, 5.41) is 6.04. The van der Waals surface area contributed by atoms with Crippen molar-refractivity contribution in [3.8, 4) is 0 Å². The highest BCUT2D eigenvalue weighted by atomic mass is 79.9. The Hall–Kier alpha value is -1.45. The number of aromatic nitrogens is 2. The van der Waals surface area contributed by atoms with E-state index < -0.39 is 10.0 Å². The predicted molar refractivity (Wildman–Crippen MR) is 79.4 cm³/mol. The van der Waals surface area contributed by atoms with Crippen LogP contribution in [0.5, 0.6) is 0 Å². The van der Waals surface area contributed by atoms with Crippen LogP contribution in [0, 0.1) is 0 Å². The fraction of sp³-hybridized carbons (Fsp3) is 0. The molecule has 0 aliphatic heterocycles. The topological polar surface area (TPSA) is 101 Å². The monoisotopic (exact) mass is 360 g/mol. The van der Waals surface area contributed by atoms with Gasteiger partial charge in [-0.2, -0.15) is 5.10 Å². The second kappa shape index (κ2) is 5.27. The van der Waals surface area contributed by atoms with Crippen LogP contribution in [-0.2, 0) is 10.0 Å². The molecule has 0 aliphatic rings. The number of H-pyrrole nitrogens is 1. The van der Waals surface area contributed by atoms with Crippen LogP contribution in [0.25, 0.3) is 0 Å². The highest BCUT2D eigenvalue weighted by Gasteiger charge is 2.18. The minimum absolute atomic E-state index is 0.0290. The number of aromatic amines is 1. The van der Waals surface area contributed by atoms with Crippen molar-refractivity contribution in [1.82, 2.24) is 10.2 Å². The van der Waals surface area contributed by atoms with Gasteiger partial charge in [-0.3, -0.25) is 9.82 Å². The molecule has 0 saturated heterocycles. The molecule has 6 nitrogen and oxygen atoms in total. The van der Waals surface area contributed by atoms with Crippen LogP contribution >= 0.6 is 28.1 Å². The van der Waals surface area contributed by atoms with Crippen LogP contribution in [0.15, 0.2) is 40.0 Å². The summed E-state index contributed by atoms with van der Waals surface area (Å²) >= 11 is 8.16. The zero-order chi connectivity index (χ0) is 14.0. The molecule has 0 amide bonds. The number of benzene rings is 1. The first-order valence-electron chi connectivity index (χ1n) is 5.01. The molecule has 0 unspecified atom stereocenters. The normalized spacial score (nSPS) is 11.2. The maximum absolute atomic E-state index is 12.1. The molecule has 4 N–H and O–H groups in total. The Balaban J connectivity index is 2.44. The van der Waals surface area contributed by atoms with E-state index in [0.29, 0.717) is 15.7 Å². The van der Waals surface area contributed by atoms with Crippen molar-refractivity contribution in [3.63, 3.8) is 0 Å². The third-order valence-corrected chi connectivity index (χ3v) is 4.32. The molecule has 0 saturated carbocycles. The molecule has 0 aliphatic carbocycles. The lowest BCUT2D eigenvalue weighted by atomic mass is 10.2. The molecule has 0 spiro atoms. The van der Waals surface area contributed by atoms with Crippen molar-refractivity contribution >= 4 is 48.8 Å². The molecule has 1 aromatic carbocycles. The third kappa shape index (κ3) is 3.11. The summed E-state index contributed by atoms with van der Waals surface area (Å²) in [6, 6.07) is 4.95. The van der Waals surface area contributed by atoms with Gasteiger partial charge in [-0.25, -0.2) is 8.42 Å². The highest BCUT2D eigenvalue weighted by Crippen LogP contribution is 2.24. The zero-order valence-corrected chi connectivity index (χ0v) is 12.6. The molecule has 2 aromatic rings. The van der Waals surface area contributed by atoms with Crippen LogP contribution < -0.4 is 10.5 Å². The number of nitrogens with two attached hydrogens (primary N) is 1. The van der Waals surface area contributed by atoms with Crippen molar-refractivity contribution in [2.24, 2.45) is 5.73 Å². The summed E-state index contributed by atoms with van der Waals surface area (Å²) < 4.78 is 27.3. The van der Waals surface area contributed by atoms with Gasteiger partial charge in [-0.05, 0) is 18.2 Å². The Morgan fingerprint density at radius 3 is 2.79 bits per heavy atom. The average Bonchev–Trinajstić information content (AvgIpc) is 2.81. The average molecular weight is 361 g/mol. The van der Waals surface area contributed by atoms with Gasteiger partial charge in [0, 0.05) is 16.2 Å². The lowest BCUT2D eigenvalue weighted by Gasteiger charge is -2.11. The van der Waals surface area contributed by atoms with Gasteiger partial charge in [-0.1, -0.05) is 28.1 Å².